The zero-order valence-electron chi connectivity index (χ0n) is 7.89. The molecule has 0 radical (unpaired) electrons. The van der Waals surface area contributed by atoms with Crippen LogP contribution in [0.1, 0.15) is 12.8 Å². The minimum atomic E-state index is -0.0499. The fourth-order valence-corrected chi connectivity index (χ4v) is 1.74. The Morgan fingerprint density at radius 2 is 2.33 bits per heavy atom. The van der Waals surface area contributed by atoms with Crippen molar-refractivity contribution in [1.29, 1.82) is 0 Å². The van der Waals surface area contributed by atoms with Gasteiger partial charge in [-0.2, -0.15) is 0 Å². The minimum Gasteiger partial charge on any atom is -0.326 e. The maximum atomic E-state index is 11.3. The van der Waals surface area contributed by atoms with Gasteiger partial charge in [-0.3, -0.25) is 4.79 Å². The Labute approximate surface area is 111 Å². The topological polar surface area (TPSA) is 29.1 Å². The van der Waals surface area contributed by atoms with E-state index in [2.05, 4.69) is 49.8 Å². The summed E-state index contributed by atoms with van der Waals surface area (Å²) in [6.07, 6.45) is 5.91. The van der Waals surface area contributed by atoms with Gasteiger partial charge in [-0.15, -0.1) is 12.3 Å². The van der Waals surface area contributed by atoms with E-state index in [0.29, 0.717) is 12.8 Å². The maximum Gasteiger partial charge on any atom is 0.225 e. The van der Waals surface area contributed by atoms with E-state index >= 15 is 0 Å². The first-order valence-electron chi connectivity index (χ1n) is 4.32. The number of hydrogen-bond donors (Lipinski definition) is 1. The van der Waals surface area contributed by atoms with Crippen LogP contribution in [0.25, 0.3) is 0 Å². The van der Waals surface area contributed by atoms with Crippen molar-refractivity contribution in [1.82, 2.24) is 0 Å². The van der Waals surface area contributed by atoms with E-state index in [1.807, 2.05) is 18.2 Å². The first-order valence-corrected chi connectivity index (χ1v) is 6.19. The Bertz CT molecular complexity index is 412. The van der Waals surface area contributed by atoms with E-state index in [9.17, 15) is 4.79 Å². The summed E-state index contributed by atoms with van der Waals surface area (Å²) in [6, 6.07) is 5.65. The Morgan fingerprint density at radius 1 is 1.60 bits per heavy atom. The van der Waals surface area contributed by atoms with Crippen molar-refractivity contribution in [3.63, 3.8) is 0 Å². The summed E-state index contributed by atoms with van der Waals surface area (Å²) in [6.45, 7) is 0. The van der Waals surface area contributed by atoms with Crippen LogP contribution in [0.2, 0.25) is 0 Å². The molecule has 0 fully saturated rings. The van der Waals surface area contributed by atoms with E-state index in [0.717, 1.165) is 13.7 Å². The van der Waals surface area contributed by atoms with E-state index in [-0.39, 0.29) is 5.91 Å². The lowest BCUT2D eigenvalue weighted by molar-refractivity contribution is -0.116. The number of amides is 1. The Hall–Kier alpha value is -0.540. The number of benzene rings is 1. The van der Waals surface area contributed by atoms with E-state index < -0.39 is 0 Å². The third-order valence-corrected chi connectivity index (χ3v) is 4.02. The normalized spacial score (nSPS) is 9.40. The Balaban J connectivity index is 2.62. The third kappa shape index (κ3) is 4.22. The van der Waals surface area contributed by atoms with E-state index in [1.54, 1.807) is 0 Å². The number of hydrogen-bond acceptors (Lipinski definition) is 1. The van der Waals surface area contributed by atoms with Crippen LogP contribution in [0.5, 0.6) is 0 Å². The molecule has 0 aliphatic rings. The second kappa shape index (κ2) is 6.13. The third-order valence-electron chi connectivity index (χ3n) is 1.70. The monoisotopic (exact) mass is 377 g/mol. The van der Waals surface area contributed by atoms with Gasteiger partial charge in [-0.1, -0.05) is 0 Å². The van der Waals surface area contributed by atoms with E-state index in [1.165, 1.54) is 0 Å². The van der Waals surface area contributed by atoms with Crippen LogP contribution in [0.15, 0.2) is 22.7 Å². The van der Waals surface area contributed by atoms with Gasteiger partial charge in [0.25, 0.3) is 0 Å². The van der Waals surface area contributed by atoms with Gasteiger partial charge in [-0.25, -0.2) is 0 Å². The number of nitrogens with one attached hydrogen (secondary N) is 1. The van der Waals surface area contributed by atoms with Gasteiger partial charge in [0, 0.05) is 26.6 Å². The van der Waals surface area contributed by atoms with Gasteiger partial charge in [-0.05, 0) is 56.7 Å². The molecule has 0 aliphatic heterocycles. The van der Waals surface area contributed by atoms with Crippen molar-refractivity contribution in [3.8, 4) is 12.3 Å². The molecule has 0 saturated heterocycles. The average Bonchev–Trinajstić information content (AvgIpc) is 2.20. The molecule has 1 amide bonds. The fraction of sp³-hybridized carbons (Fsp3) is 0.182. The van der Waals surface area contributed by atoms with Crippen LogP contribution in [-0.2, 0) is 4.79 Å². The summed E-state index contributed by atoms with van der Waals surface area (Å²) in [7, 11) is 0. The standard InChI is InChI=1S/C11H9BrINO/c1-2-3-4-11(15)14-8-5-6-9(12)10(13)7-8/h1,5-7H,3-4H2,(H,14,15). The van der Waals surface area contributed by atoms with Crippen molar-refractivity contribution >= 4 is 50.1 Å². The molecule has 0 unspecified atom stereocenters. The SMILES string of the molecule is C#CCCC(=O)Nc1ccc(Br)c(I)c1. The molecular weight excluding hydrogens is 369 g/mol. The molecule has 0 spiro atoms. The van der Waals surface area contributed by atoms with Crippen LogP contribution in [0, 0.1) is 15.9 Å². The largest absolute Gasteiger partial charge is 0.326 e. The summed E-state index contributed by atoms with van der Waals surface area (Å²) < 4.78 is 2.08. The number of anilines is 1. The molecule has 0 aromatic heterocycles. The van der Waals surface area contributed by atoms with Gasteiger partial charge in [0.1, 0.15) is 0 Å². The first kappa shape index (κ1) is 12.5. The van der Waals surface area contributed by atoms with Crippen molar-refractivity contribution in [2.75, 3.05) is 5.32 Å². The lowest BCUT2D eigenvalue weighted by Crippen LogP contribution is -2.10. The molecule has 1 N–H and O–H groups in total. The molecule has 1 aromatic carbocycles. The molecular formula is C11H9BrINO. The number of carbonyl (C=O) groups is 1. The Morgan fingerprint density at radius 3 is 2.93 bits per heavy atom. The van der Waals surface area contributed by atoms with Gasteiger partial charge < -0.3 is 5.32 Å². The highest BCUT2D eigenvalue weighted by molar-refractivity contribution is 14.1. The van der Waals surface area contributed by atoms with Gasteiger partial charge in [0.15, 0.2) is 0 Å². The summed E-state index contributed by atoms with van der Waals surface area (Å²) in [5.41, 5.74) is 0.796. The molecule has 0 bridgehead atoms. The molecule has 78 valence electrons. The highest BCUT2D eigenvalue weighted by Crippen LogP contribution is 2.22. The van der Waals surface area contributed by atoms with Gasteiger partial charge in [0.2, 0.25) is 5.91 Å². The summed E-state index contributed by atoms with van der Waals surface area (Å²) in [4.78, 5) is 11.3. The molecule has 0 heterocycles. The highest BCUT2D eigenvalue weighted by Gasteiger charge is 2.02. The van der Waals surface area contributed by atoms with Crippen LogP contribution in [-0.4, -0.2) is 5.91 Å². The van der Waals surface area contributed by atoms with Gasteiger partial charge in [0.05, 0.1) is 0 Å². The summed E-state index contributed by atoms with van der Waals surface area (Å²) in [5.74, 6) is 2.39. The highest BCUT2D eigenvalue weighted by atomic mass is 127. The average molecular weight is 378 g/mol. The second-order valence-corrected chi connectivity index (χ2v) is 4.90. The lowest BCUT2D eigenvalue weighted by Gasteiger charge is -2.05. The zero-order valence-corrected chi connectivity index (χ0v) is 11.6. The molecule has 4 heteroatoms. The van der Waals surface area contributed by atoms with Crippen molar-refractivity contribution < 1.29 is 4.79 Å². The molecule has 2 nitrogen and oxygen atoms in total. The van der Waals surface area contributed by atoms with Crippen molar-refractivity contribution in [2.24, 2.45) is 0 Å². The molecule has 1 aromatic rings. The fourth-order valence-electron chi connectivity index (χ4n) is 0.983. The summed E-state index contributed by atoms with van der Waals surface area (Å²) >= 11 is 5.59. The van der Waals surface area contributed by atoms with Crippen molar-refractivity contribution in [2.45, 2.75) is 12.8 Å². The smallest absolute Gasteiger partial charge is 0.225 e. The van der Waals surface area contributed by atoms with E-state index in [4.69, 9.17) is 6.42 Å². The molecule has 15 heavy (non-hydrogen) atoms. The van der Waals surface area contributed by atoms with Crippen LogP contribution >= 0.6 is 38.5 Å². The maximum absolute atomic E-state index is 11.3. The van der Waals surface area contributed by atoms with Crippen LogP contribution in [0.3, 0.4) is 0 Å². The second-order valence-electron chi connectivity index (χ2n) is 2.88. The number of carbonyl (C=O) groups excluding carboxylic acids is 1. The molecule has 0 aliphatic carbocycles. The minimum absolute atomic E-state index is 0.0499. The van der Waals surface area contributed by atoms with Crippen LogP contribution in [0.4, 0.5) is 5.69 Å². The molecule has 0 atom stereocenters. The first-order chi connectivity index (χ1) is 7.13. The number of halogens is 2. The molecule has 0 saturated carbocycles. The van der Waals surface area contributed by atoms with Crippen molar-refractivity contribution in [3.05, 3.63) is 26.2 Å². The predicted octanol–water partition coefficient (Wildman–Crippen LogP) is 3.41. The Kier molecular flexibility index (Phi) is 5.12. The van der Waals surface area contributed by atoms with Gasteiger partial charge >= 0.3 is 0 Å². The lowest BCUT2D eigenvalue weighted by atomic mass is 10.3. The predicted molar refractivity (Wildman–Crippen MR) is 73.6 cm³/mol. The zero-order chi connectivity index (χ0) is 11.3. The number of rotatable bonds is 3. The van der Waals surface area contributed by atoms with Crippen LogP contribution < -0.4 is 5.32 Å². The quantitative estimate of drug-likeness (QED) is 0.634. The molecule has 1 rings (SSSR count). The number of terminal acetylenes is 1. The summed E-state index contributed by atoms with van der Waals surface area (Å²) in [5, 5.41) is 2.78.